The molecule has 4 aliphatic rings. The number of amides is 3. The zero-order valence-corrected chi connectivity index (χ0v) is 25.8. The molecule has 2 fully saturated rings. The number of aliphatic hydroxyl groups excluding tert-OH is 1. The first kappa shape index (κ1) is 30.8. The van der Waals surface area contributed by atoms with E-state index in [1.54, 1.807) is 34.7 Å². The second-order valence-electron chi connectivity index (χ2n) is 12.4. The number of β-amino-alcohol motifs (C(OH)–C–C–N with tert-alkyl or cyclic N) is 1. The average molecular weight is 641 g/mol. The van der Waals surface area contributed by atoms with Gasteiger partial charge in [-0.25, -0.2) is 4.68 Å². The highest BCUT2D eigenvalue weighted by Crippen LogP contribution is 2.55. The van der Waals surface area contributed by atoms with Crippen LogP contribution in [-0.2, 0) is 35.3 Å². The van der Waals surface area contributed by atoms with E-state index in [2.05, 4.69) is 15.6 Å². The summed E-state index contributed by atoms with van der Waals surface area (Å²) < 4.78 is 14.2. The van der Waals surface area contributed by atoms with Gasteiger partial charge >= 0.3 is 5.97 Å². The summed E-state index contributed by atoms with van der Waals surface area (Å²) >= 11 is 0. The van der Waals surface area contributed by atoms with Gasteiger partial charge in [-0.3, -0.25) is 19.2 Å². The van der Waals surface area contributed by atoms with E-state index in [9.17, 15) is 24.3 Å². The maximum absolute atomic E-state index is 14.7. The van der Waals surface area contributed by atoms with Crippen molar-refractivity contribution in [2.24, 2.45) is 11.8 Å². The number of carbonyl (C=O) groups is 4. The van der Waals surface area contributed by atoms with Crippen LogP contribution >= 0.6 is 0 Å². The molecule has 0 saturated carbocycles. The van der Waals surface area contributed by atoms with E-state index in [0.717, 1.165) is 5.52 Å². The Kier molecular flexibility index (Phi) is 8.10. The molecule has 1 aromatic heterocycles. The molecular weight excluding hydrogens is 604 g/mol. The Balaban J connectivity index is 1.29. The molecule has 5 bridgehead atoms. The van der Waals surface area contributed by atoms with Crippen molar-refractivity contribution in [1.29, 1.82) is 0 Å². The Labute approximate surface area is 270 Å². The normalized spacial score (nSPS) is 31.7. The van der Waals surface area contributed by atoms with E-state index in [-0.39, 0.29) is 38.7 Å². The number of nitrogens with one attached hydrogen (secondary N) is 1. The van der Waals surface area contributed by atoms with Crippen molar-refractivity contribution >= 4 is 34.7 Å². The fourth-order valence-electron chi connectivity index (χ4n) is 7.38. The number of carbonyl (C=O) groups excluding carboxylic acids is 4. The molecule has 5 heterocycles. The van der Waals surface area contributed by atoms with Crippen LogP contribution in [0.25, 0.3) is 11.0 Å². The number of nitrogens with zero attached hydrogens (tertiary/aromatic N) is 5. The zero-order chi connectivity index (χ0) is 32.7. The fraction of sp³-hybridized carbons (Fsp3) is 0.412. The molecule has 244 valence electrons. The Morgan fingerprint density at radius 1 is 1.02 bits per heavy atom. The first-order chi connectivity index (χ1) is 22.8. The first-order valence-corrected chi connectivity index (χ1v) is 15.9. The second kappa shape index (κ2) is 12.4. The van der Waals surface area contributed by atoms with Crippen molar-refractivity contribution in [3.05, 3.63) is 84.5 Å². The molecule has 13 nitrogen and oxygen atoms in total. The number of aromatic nitrogens is 3. The van der Waals surface area contributed by atoms with Gasteiger partial charge in [-0.15, -0.1) is 5.10 Å². The van der Waals surface area contributed by atoms with Gasteiger partial charge in [0.25, 0.3) is 5.91 Å². The summed E-state index contributed by atoms with van der Waals surface area (Å²) in [5, 5.41) is 21.5. The van der Waals surface area contributed by atoms with Crippen LogP contribution in [0.15, 0.2) is 78.9 Å². The van der Waals surface area contributed by atoms with Crippen LogP contribution in [0, 0.1) is 11.8 Å². The van der Waals surface area contributed by atoms with Gasteiger partial charge in [-0.1, -0.05) is 72.0 Å². The number of fused-ring (bicyclic) bond motifs is 3. The molecular formula is C34H36N6O7. The van der Waals surface area contributed by atoms with Gasteiger partial charge < -0.3 is 29.7 Å². The average Bonchev–Trinajstić information content (AvgIpc) is 3.82. The van der Waals surface area contributed by atoms with Crippen LogP contribution in [0.2, 0.25) is 0 Å². The third-order valence-corrected chi connectivity index (χ3v) is 9.50. The van der Waals surface area contributed by atoms with Gasteiger partial charge in [-0.2, -0.15) is 0 Å². The summed E-state index contributed by atoms with van der Waals surface area (Å²) in [5.74, 6) is -3.87. The standard InChI is InChI=1S/C34H36N6O7/c1-21-29(22-10-4-2-5-11-22)46-33(45)27-25-15-16-34(47-25)28(27)31(43)39(18-19-41)30(34)32(44)38(17-9-3-6-14-26(42)35-21)20-40-24-13-8-7-12-23(24)36-37-40/h2-5,7-13,15-16,21,25,27-30,41H,6,14,17-20H2,1H3,(H,35,42)/b9-3-/t21-,25+,27-,28-,29+,30+,34-/m0/s1. The molecule has 0 unspecified atom stereocenters. The molecule has 4 aliphatic heterocycles. The van der Waals surface area contributed by atoms with E-state index in [4.69, 9.17) is 9.47 Å². The second-order valence-corrected chi connectivity index (χ2v) is 12.4. The molecule has 2 saturated heterocycles. The highest BCUT2D eigenvalue weighted by molar-refractivity contribution is 5.99. The van der Waals surface area contributed by atoms with Crippen molar-refractivity contribution in [3.63, 3.8) is 0 Å². The number of benzene rings is 2. The number of ether oxygens (including phenoxy) is 2. The summed E-state index contributed by atoms with van der Waals surface area (Å²) in [6.07, 6.45) is 6.02. The summed E-state index contributed by atoms with van der Waals surface area (Å²) in [6, 6.07) is 14.8. The van der Waals surface area contributed by atoms with Crippen LogP contribution in [0.3, 0.4) is 0 Å². The number of aliphatic hydroxyl groups is 1. The Morgan fingerprint density at radius 2 is 1.81 bits per heavy atom. The van der Waals surface area contributed by atoms with Gasteiger partial charge in [0.05, 0.1) is 30.2 Å². The number of rotatable bonds is 5. The molecule has 0 aliphatic carbocycles. The number of allylic oxidation sites excluding steroid dienone is 1. The predicted molar refractivity (Wildman–Crippen MR) is 167 cm³/mol. The third-order valence-electron chi connectivity index (χ3n) is 9.50. The van der Waals surface area contributed by atoms with Crippen molar-refractivity contribution in [1.82, 2.24) is 30.1 Å². The number of esters is 1. The number of likely N-dealkylation sites (tertiary alicyclic amines) is 1. The number of hydrogen-bond acceptors (Lipinski definition) is 9. The number of hydrogen-bond donors (Lipinski definition) is 2. The van der Waals surface area contributed by atoms with Gasteiger partial charge in [0.15, 0.2) is 0 Å². The topological polar surface area (TPSA) is 156 Å². The molecule has 13 heteroatoms. The van der Waals surface area contributed by atoms with Crippen molar-refractivity contribution in [3.8, 4) is 0 Å². The molecule has 7 rings (SSSR count). The number of cyclic esters (lactones) is 1. The largest absolute Gasteiger partial charge is 0.455 e. The highest BCUT2D eigenvalue weighted by Gasteiger charge is 2.73. The molecule has 1 spiro atoms. The van der Waals surface area contributed by atoms with Gasteiger partial charge in [-0.05, 0) is 31.0 Å². The lowest BCUT2D eigenvalue weighted by molar-refractivity contribution is -0.161. The van der Waals surface area contributed by atoms with Gasteiger partial charge in [0, 0.05) is 19.5 Å². The Hall–Kier alpha value is -4.88. The van der Waals surface area contributed by atoms with Crippen LogP contribution in [0.4, 0.5) is 0 Å². The van der Waals surface area contributed by atoms with E-state index >= 15 is 0 Å². The molecule has 2 aromatic carbocycles. The van der Waals surface area contributed by atoms with Crippen LogP contribution in [0.5, 0.6) is 0 Å². The molecule has 47 heavy (non-hydrogen) atoms. The van der Waals surface area contributed by atoms with E-state index in [1.807, 2.05) is 60.7 Å². The molecule has 3 aromatic rings. The first-order valence-electron chi connectivity index (χ1n) is 15.9. The SMILES string of the molecule is C[C@@H]1NC(=O)CC/C=C\CN(Cn2nnc3ccccc32)C(=O)[C@H]2N(CCO)C(=O)[C@@H]3[C@@H](C(=O)O[C@H]1c1ccccc1)[C@H]1C=C[C@]32O1. The minimum absolute atomic E-state index is 0.0114. The Bertz CT molecular complexity index is 1760. The lowest BCUT2D eigenvalue weighted by Gasteiger charge is -2.35. The molecule has 0 radical (unpaired) electrons. The molecule has 2 N–H and O–H groups in total. The minimum Gasteiger partial charge on any atom is -0.455 e. The minimum atomic E-state index is -1.44. The predicted octanol–water partition coefficient (Wildman–Crippen LogP) is 1.50. The van der Waals surface area contributed by atoms with E-state index < -0.39 is 59.5 Å². The maximum atomic E-state index is 14.7. The zero-order valence-electron chi connectivity index (χ0n) is 25.8. The molecule has 3 amide bonds. The van der Waals surface area contributed by atoms with Gasteiger partial charge in [0.2, 0.25) is 11.8 Å². The fourth-order valence-corrected chi connectivity index (χ4v) is 7.38. The van der Waals surface area contributed by atoms with E-state index in [1.165, 1.54) is 4.90 Å². The number of para-hydroxylation sites is 1. The maximum Gasteiger partial charge on any atom is 0.313 e. The monoisotopic (exact) mass is 640 g/mol. The van der Waals surface area contributed by atoms with E-state index in [0.29, 0.717) is 17.5 Å². The summed E-state index contributed by atoms with van der Waals surface area (Å²) in [4.78, 5) is 58.8. The van der Waals surface area contributed by atoms with Crippen molar-refractivity contribution in [2.75, 3.05) is 19.7 Å². The lowest BCUT2D eigenvalue weighted by atomic mass is 9.74. The quantitative estimate of drug-likeness (QED) is 0.312. The summed E-state index contributed by atoms with van der Waals surface area (Å²) in [7, 11) is 0. The summed E-state index contributed by atoms with van der Waals surface area (Å²) in [5.41, 5.74) is 0.622. The highest BCUT2D eigenvalue weighted by atomic mass is 16.6. The van der Waals surface area contributed by atoms with Crippen LogP contribution in [-0.4, -0.2) is 97.1 Å². The van der Waals surface area contributed by atoms with Crippen molar-refractivity contribution in [2.45, 2.75) is 56.3 Å². The Morgan fingerprint density at radius 3 is 2.62 bits per heavy atom. The van der Waals surface area contributed by atoms with Crippen LogP contribution in [0.1, 0.15) is 31.4 Å². The van der Waals surface area contributed by atoms with Crippen molar-refractivity contribution < 1.29 is 33.8 Å². The lowest BCUT2D eigenvalue weighted by Crippen LogP contribution is -2.56. The summed E-state index contributed by atoms with van der Waals surface area (Å²) in [6.45, 7) is 1.41. The third kappa shape index (κ3) is 5.28. The molecule has 7 atom stereocenters. The smallest absolute Gasteiger partial charge is 0.313 e. The van der Waals surface area contributed by atoms with Crippen LogP contribution < -0.4 is 5.32 Å². The van der Waals surface area contributed by atoms with Gasteiger partial charge in [0.1, 0.15) is 35.9 Å².